The van der Waals surface area contributed by atoms with Crippen molar-refractivity contribution in [1.82, 2.24) is 20.4 Å². The van der Waals surface area contributed by atoms with Gasteiger partial charge >= 0.3 is 0 Å². The first-order chi connectivity index (χ1) is 12.5. The molecule has 0 unspecified atom stereocenters. The van der Waals surface area contributed by atoms with E-state index < -0.39 is 0 Å². The van der Waals surface area contributed by atoms with Crippen LogP contribution < -0.4 is 10.6 Å². The first kappa shape index (κ1) is 20.2. The van der Waals surface area contributed by atoms with E-state index in [-0.39, 0.29) is 11.9 Å². The van der Waals surface area contributed by atoms with Crippen molar-refractivity contribution >= 4 is 11.9 Å². The summed E-state index contributed by atoms with van der Waals surface area (Å²) in [6.07, 6.45) is 1.04. The Labute approximate surface area is 157 Å². The van der Waals surface area contributed by atoms with Gasteiger partial charge in [0.2, 0.25) is 5.91 Å². The third-order valence-electron chi connectivity index (χ3n) is 4.64. The summed E-state index contributed by atoms with van der Waals surface area (Å²) >= 11 is 0. The molecule has 1 aliphatic rings. The fourth-order valence-electron chi connectivity index (χ4n) is 3.27. The topological polar surface area (TPSA) is 60.0 Å². The molecule has 6 nitrogen and oxygen atoms in total. The summed E-state index contributed by atoms with van der Waals surface area (Å²) in [5.74, 6) is 1.04. The van der Waals surface area contributed by atoms with Gasteiger partial charge in [-0.2, -0.15) is 0 Å². The van der Waals surface area contributed by atoms with Gasteiger partial charge in [-0.05, 0) is 31.4 Å². The third-order valence-corrected chi connectivity index (χ3v) is 4.64. The number of rotatable bonds is 6. The summed E-state index contributed by atoms with van der Waals surface area (Å²) in [6.45, 7) is 10.9. The number of nitrogens with zero attached hydrogens (tertiary/aromatic N) is 3. The Balaban J connectivity index is 1.82. The van der Waals surface area contributed by atoms with E-state index in [2.05, 4.69) is 56.6 Å². The van der Waals surface area contributed by atoms with Crippen LogP contribution in [-0.4, -0.2) is 67.5 Å². The molecule has 1 aromatic carbocycles. The first-order valence-corrected chi connectivity index (χ1v) is 9.57. The Bertz CT molecular complexity index is 606. The molecule has 0 atom stereocenters. The summed E-state index contributed by atoms with van der Waals surface area (Å²) < 4.78 is 0. The van der Waals surface area contributed by atoms with Crippen LogP contribution in [0, 0.1) is 0 Å². The van der Waals surface area contributed by atoms with Gasteiger partial charge < -0.3 is 15.5 Å². The molecule has 0 aliphatic carbocycles. The predicted molar refractivity (Wildman–Crippen MR) is 107 cm³/mol. The van der Waals surface area contributed by atoms with E-state index in [1.165, 1.54) is 11.1 Å². The number of hydrogen-bond acceptors (Lipinski definition) is 3. The predicted octanol–water partition coefficient (Wildman–Crippen LogP) is 1.47. The SMILES string of the molecule is CCc1ccccc1CNC(=NC)N1CCN(CC(=O)NC(C)C)CC1. The number of guanidine groups is 1. The zero-order valence-corrected chi connectivity index (χ0v) is 16.6. The lowest BCUT2D eigenvalue weighted by Gasteiger charge is -2.36. The number of piperazine rings is 1. The van der Waals surface area contributed by atoms with E-state index >= 15 is 0 Å². The second kappa shape index (κ2) is 10.2. The fourth-order valence-corrected chi connectivity index (χ4v) is 3.27. The maximum Gasteiger partial charge on any atom is 0.234 e. The highest BCUT2D eigenvalue weighted by molar-refractivity contribution is 5.80. The van der Waals surface area contributed by atoms with Crippen LogP contribution in [0.1, 0.15) is 31.9 Å². The molecule has 0 aromatic heterocycles. The number of carbonyl (C=O) groups excluding carboxylic acids is 1. The van der Waals surface area contributed by atoms with E-state index in [9.17, 15) is 4.79 Å². The van der Waals surface area contributed by atoms with Gasteiger partial charge in [-0.25, -0.2) is 0 Å². The van der Waals surface area contributed by atoms with Gasteiger partial charge in [-0.3, -0.25) is 14.7 Å². The fraction of sp³-hybridized carbons (Fsp3) is 0.600. The van der Waals surface area contributed by atoms with E-state index in [0.717, 1.165) is 45.1 Å². The van der Waals surface area contributed by atoms with E-state index in [1.807, 2.05) is 20.9 Å². The van der Waals surface area contributed by atoms with Crippen molar-refractivity contribution in [3.63, 3.8) is 0 Å². The second-order valence-corrected chi connectivity index (χ2v) is 7.01. The van der Waals surface area contributed by atoms with Crippen LogP contribution >= 0.6 is 0 Å². The van der Waals surface area contributed by atoms with E-state index in [4.69, 9.17) is 0 Å². The maximum absolute atomic E-state index is 11.9. The minimum absolute atomic E-state index is 0.104. The van der Waals surface area contributed by atoms with Crippen LogP contribution in [0.15, 0.2) is 29.3 Å². The molecule has 1 amide bonds. The highest BCUT2D eigenvalue weighted by Gasteiger charge is 2.21. The Morgan fingerprint density at radius 1 is 1.15 bits per heavy atom. The Kier molecular flexibility index (Phi) is 7.91. The highest BCUT2D eigenvalue weighted by Crippen LogP contribution is 2.09. The van der Waals surface area contributed by atoms with Gasteiger partial charge in [0.15, 0.2) is 5.96 Å². The number of hydrogen-bond donors (Lipinski definition) is 2. The lowest BCUT2D eigenvalue weighted by Crippen LogP contribution is -2.54. The van der Waals surface area contributed by atoms with Crippen LogP contribution in [0.3, 0.4) is 0 Å². The van der Waals surface area contributed by atoms with Gasteiger partial charge in [-0.1, -0.05) is 31.2 Å². The molecular formula is C20H33N5O. The van der Waals surface area contributed by atoms with Crippen LogP contribution in [-0.2, 0) is 17.8 Å². The van der Waals surface area contributed by atoms with E-state index in [1.54, 1.807) is 0 Å². The molecule has 1 fully saturated rings. The Morgan fingerprint density at radius 3 is 2.38 bits per heavy atom. The average molecular weight is 360 g/mol. The van der Waals surface area contributed by atoms with Crippen LogP contribution in [0.4, 0.5) is 0 Å². The summed E-state index contributed by atoms with van der Waals surface area (Å²) in [4.78, 5) is 20.8. The monoisotopic (exact) mass is 359 g/mol. The molecule has 2 N–H and O–H groups in total. The molecule has 26 heavy (non-hydrogen) atoms. The molecule has 6 heteroatoms. The normalized spacial score (nSPS) is 16.0. The van der Waals surface area contributed by atoms with Gasteiger partial charge in [0.25, 0.3) is 0 Å². The van der Waals surface area contributed by atoms with Crippen molar-refractivity contribution in [2.75, 3.05) is 39.8 Å². The van der Waals surface area contributed by atoms with Gasteiger partial charge in [0.1, 0.15) is 0 Å². The molecule has 1 aliphatic heterocycles. The van der Waals surface area contributed by atoms with Crippen LogP contribution in [0.2, 0.25) is 0 Å². The molecule has 144 valence electrons. The molecule has 2 rings (SSSR count). The molecule has 0 radical (unpaired) electrons. The van der Waals surface area contributed by atoms with E-state index in [0.29, 0.717) is 6.54 Å². The molecule has 1 aromatic rings. The number of carbonyl (C=O) groups is 1. The highest BCUT2D eigenvalue weighted by atomic mass is 16.2. The lowest BCUT2D eigenvalue weighted by atomic mass is 10.1. The summed E-state index contributed by atoms with van der Waals surface area (Å²) in [6, 6.07) is 8.72. The number of nitrogens with one attached hydrogen (secondary N) is 2. The van der Waals surface area contributed by atoms with Gasteiger partial charge in [0, 0.05) is 45.8 Å². The average Bonchev–Trinajstić information content (AvgIpc) is 2.63. The quantitative estimate of drug-likeness (QED) is 0.596. The smallest absolute Gasteiger partial charge is 0.234 e. The summed E-state index contributed by atoms with van der Waals surface area (Å²) in [7, 11) is 1.83. The molecule has 0 spiro atoms. The summed E-state index contributed by atoms with van der Waals surface area (Å²) in [5, 5.41) is 6.44. The minimum atomic E-state index is 0.104. The number of amides is 1. The molecular weight excluding hydrogens is 326 g/mol. The second-order valence-electron chi connectivity index (χ2n) is 7.01. The first-order valence-electron chi connectivity index (χ1n) is 9.57. The zero-order chi connectivity index (χ0) is 18.9. The Morgan fingerprint density at radius 2 is 1.81 bits per heavy atom. The minimum Gasteiger partial charge on any atom is -0.353 e. The van der Waals surface area contributed by atoms with Crippen molar-refractivity contribution < 1.29 is 4.79 Å². The van der Waals surface area contributed by atoms with Crippen molar-refractivity contribution in [2.45, 2.75) is 39.8 Å². The van der Waals surface area contributed by atoms with Crippen molar-refractivity contribution in [3.05, 3.63) is 35.4 Å². The summed E-state index contributed by atoms with van der Waals surface area (Å²) in [5.41, 5.74) is 2.69. The maximum atomic E-state index is 11.9. The Hall–Kier alpha value is -2.08. The molecule has 0 saturated carbocycles. The van der Waals surface area contributed by atoms with Crippen LogP contribution in [0.25, 0.3) is 0 Å². The molecule has 1 heterocycles. The van der Waals surface area contributed by atoms with Gasteiger partial charge in [0.05, 0.1) is 6.54 Å². The standard InChI is InChI=1S/C20H33N5O/c1-5-17-8-6-7-9-18(17)14-22-20(21-4)25-12-10-24(11-13-25)15-19(26)23-16(2)3/h6-9,16H,5,10-15H2,1-4H3,(H,21,22)(H,23,26). The third kappa shape index (κ3) is 6.02. The number of aryl methyl sites for hydroxylation is 1. The number of aliphatic imine (C=N–C) groups is 1. The lowest BCUT2D eigenvalue weighted by molar-refractivity contribution is -0.123. The van der Waals surface area contributed by atoms with Gasteiger partial charge in [-0.15, -0.1) is 0 Å². The van der Waals surface area contributed by atoms with Crippen molar-refractivity contribution in [2.24, 2.45) is 4.99 Å². The van der Waals surface area contributed by atoms with Crippen molar-refractivity contribution in [3.8, 4) is 0 Å². The molecule has 1 saturated heterocycles. The van der Waals surface area contributed by atoms with Crippen molar-refractivity contribution in [1.29, 1.82) is 0 Å². The zero-order valence-electron chi connectivity index (χ0n) is 16.6. The van der Waals surface area contributed by atoms with Crippen LogP contribution in [0.5, 0.6) is 0 Å². The largest absolute Gasteiger partial charge is 0.353 e. The molecule has 0 bridgehead atoms. The number of benzene rings is 1.